The summed E-state index contributed by atoms with van der Waals surface area (Å²) in [5, 5.41) is 3.62. The Hall–Kier alpha value is -1.87. The standard InChI is InChI=1S/C18H22N2O/c1-3-10-19-18(15-9-8-13(2)20-12-15)17-11-14-6-4-5-7-16(14)21-17/h4-9,12,17-19H,3,10-11H2,1-2H3. The van der Waals surface area contributed by atoms with Gasteiger partial charge in [-0.3, -0.25) is 4.98 Å². The maximum absolute atomic E-state index is 6.16. The zero-order chi connectivity index (χ0) is 14.7. The molecule has 2 aromatic rings. The monoisotopic (exact) mass is 282 g/mol. The fraction of sp³-hybridized carbons (Fsp3) is 0.389. The normalized spacial score (nSPS) is 18.1. The Balaban J connectivity index is 1.82. The molecule has 1 N–H and O–H groups in total. The van der Waals surface area contributed by atoms with Gasteiger partial charge in [-0.15, -0.1) is 0 Å². The van der Waals surface area contributed by atoms with Gasteiger partial charge in [0.05, 0.1) is 6.04 Å². The fourth-order valence-corrected chi connectivity index (χ4v) is 2.82. The van der Waals surface area contributed by atoms with E-state index in [4.69, 9.17) is 4.74 Å². The molecule has 21 heavy (non-hydrogen) atoms. The van der Waals surface area contributed by atoms with E-state index in [9.17, 15) is 0 Å². The van der Waals surface area contributed by atoms with E-state index in [1.165, 1.54) is 11.1 Å². The van der Waals surface area contributed by atoms with Gasteiger partial charge in [-0.2, -0.15) is 0 Å². The number of rotatable bonds is 5. The SMILES string of the molecule is CCCNC(c1ccc(C)nc1)C1Cc2ccccc2O1. The minimum Gasteiger partial charge on any atom is -0.488 e. The molecule has 1 aromatic carbocycles. The molecule has 0 amide bonds. The Labute approximate surface area is 126 Å². The lowest BCUT2D eigenvalue weighted by molar-refractivity contribution is 0.178. The number of para-hydroxylation sites is 1. The van der Waals surface area contributed by atoms with Crippen molar-refractivity contribution in [2.75, 3.05) is 6.54 Å². The molecule has 1 aliphatic heterocycles. The molecule has 2 unspecified atom stereocenters. The van der Waals surface area contributed by atoms with Crippen molar-refractivity contribution in [1.29, 1.82) is 0 Å². The van der Waals surface area contributed by atoms with Crippen molar-refractivity contribution in [1.82, 2.24) is 10.3 Å². The van der Waals surface area contributed by atoms with Gasteiger partial charge in [0.25, 0.3) is 0 Å². The Kier molecular flexibility index (Phi) is 4.20. The summed E-state index contributed by atoms with van der Waals surface area (Å²) >= 11 is 0. The molecule has 0 saturated heterocycles. The Bertz CT molecular complexity index is 569. The summed E-state index contributed by atoms with van der Waals surface area (Å²) in [5.74, 6) is 1.02. The zero-order valence-electron chi connectivity index (χ0n) is 12.7. The minimum absolute atomic E-state index is 0.137. The molecule has 2 heterocycles. The van der Waals surface area contributed by atoms with E-state index in [1.54, 1.807) is 0 Å². The molecule has 0 radical (unpaired) electrons. The van der Waals surface area contributed by atoms with Crippen LogP contribution in [0.15, 0.2) is 42.6 Å². The summed E-state index contributed by atoms with van der Waals surface area (Å²) < 4.78 is 6.16. The molecular formula is C18H22N2O. The van der Waals surface area contributed by atoms with E-state index in [0.717, 1.165) is 30.8 Å². The van der Waals surface area contributed by atoms with Crippen molar-refractivity contribution in [3.05, 3.63) is 59.4 Å². The van der Waals surface area contributed by atoms with Gasteiger partial charge in [0.2, 0.25) is 0 Å². The van der Waals surface area contributed by atoms with Gasteiger partial charge >= 0.3 is 0 Å². The van der Waals surface area contributed by atoms with E-state index >= 15 is 0 Å². The molecule has 0 saturated carbocycles. The first-order chi connectivity index (χ1) is 10.3. The minimum atomic E-state index is 0.137. The summed E-state index contributed by atoms with van der Waals surface area (Å²) in [6.07, 6.45) is 4.16. The van der Waals surface area contributed by atoms with E-state index in [2.05, 4.69) is 47.6 Å². The topological polar surface area (TPSA) is 34.2 Å². The molecule has 2 atom stereocenters. The van der Waals surface area contributed by atoms with Crippen molar-refractivity contribution >= 4 is 0 Å². The highest BCUT2D eigenvalue weighted by Gasteiger charge is 2.31. The van der Waals surface area contributed by atoms with Gasteiger partial charge in [-0.1, -0.05) is 31.2 Å². The number of hydrogen-bond acceptors (Lipinski definition) is 3. The zero-order valence-corrected chi connectivity index (χ0v) is 12.7. The van der Waals surface area contributed by atoms with Crippen LogP contribution in [0.2, 0.25) is 0 Å². The fourth-order valence-electron chi connectivity index (χ4n) is 2.82. The predicted octanol–water partition coefficient (Wildman–Crippen LogP) is 3.43. The van der Waals surface area contributed by atoms with Gasteiger partial charge < -0.3 is 10.1 Å². The lowest BCUT2D eigenvalue weighted by atomic mass is 9.98. The van der Waals surface area contributed by atoms with Gasteiger partial charge in [0, 0.05) is 18.3 Å². The Morgan fingerprint density at radius 2 is 2.14 bits per heavy atom. The van der Waals surface area contributed by atoms with Crippen LogP contribution >= 0.6 is 0 Å². The lowest BCUT2D eigenvalue weighted by Crippen LogP contribution is -2.35. The number of ether oxygens (including phenoxy) is 1. The van der Waals surface area contributed by atoms with Crippen LogP contribution < -0.4 is 10.1 Å². The molecule has 110 valence electrons. The second kappa shape index (κ2) is 6.27. The first-order valence-corrected chi connectivity index (χ1v) is 7.68. The van der Waals surface area contributed by atoms with E-state index < -0.39 is 0 Å². The smallest absolute Gasteiger partial charge is 0.123 e. The average Bonchev–Trinajstić information content (AvgIpc) is 2.93. The maximum Gasteiger partial charge on any atom is 0.123 e. The highest BCUT2D eigenvalue weighted by molar-refractivity contribution is 5.38. The number of nitrogens with zero attached hydrogens (tertiary/aromatic N) is 1. The summed E-state index contributed by atoms with van der Waals surface area (Å²) in [7, 11) is 0. The largest absolute Gasteiger partial charge is 0.488 e. The number of benzene rings is 1. The van der Waals surface area contributed by atoms with Crippen molar-refractivity contribution in [3.63, 3.8) is 0 Å². The molecular weight excluding hydrogens is 260 g/mol. The molecule has 0 fully saturated rings. The van der Waals surface area contributed by atoms with Gasteiger partial charge in [-0.25, -0.2) is 0 Å². The number of fused-ring (bicyclic) bond motifs is 1. The Morgan fingerprint density at radius 1 is 1.29 bits per heavy atom. The Morgan fingerprint density at radius 3 is 2.86 bits per heavy atom. The van der Waals surface area contributed by atoms with E-state index in [0.29, 0.717) is 0 Å². The lowest BCUT2D eigenvalue weighted by Gasteiger charge is -2.24. The van der Waals surface area contributed by atoms with Crippen LogP contribution in [0.1, 0.15) is 36.2 Å². The van der Waals surface area contributed by atoms with Gasteiger partial charge in [0.1, 0.15) is 11.9 Å². The number of aromatic nitrogens is 1. The molecule has 0 spiro atoms. The third-order valence-corrected chi connectivity index (χ3v) is 3.95. The summed E-state index contributed by atoms with van der Waals surface area (Å²) in [6.45, 7) is 5.18. The summed E-state index contributed by atoms with van der Waals surface area (Å²) in [5.41, 5.74) is 3.54. The third kappa shape index (κ3) is 3.08. The van der Waals surface area contributed by atoms with Crippen LogP contribution in [0.3, 0.4) is 0 Å². The molecule has 1 aliphatic rings. The molecule has 0 bridgehead atoms. The predicted molar refractivity (Wildman–Crippen MR) is 84.6 cm³/mol. The van der Waals surface area contributed by atoms with Crippen molar-refractivity contribution in [2.24, 2.45) is 0 Å². The molecule has 3 heteroatoms. The molecule has 0 aliphatic carbocycles. The van der Waals surface area contributed by atoms with Crippen LogP contribution in [0.25, 0.3) is 0 Å². The third-order valence-electron chi connectivity index (χ3n) is 3.95. The number of aryl methyl sites for hydroxylation is 1. The molecule has 3 nitrogen and oxygen atoms in total. The van der Waals surface area contributed by atoms with Crippen LogP contribution in [-0.2, 0) is 6.42 Å². The van der Waals surface area contributed by atoms with Gasteiger partial charge in [-0.05, 0) is 43.1 Å². The van der Waals surface area contributed by atoms with E-state index in [-0.39, 0.29) is 12.1 Å². The van der Waals surface area contributed by atoms with Crippen LogP contribution in [0, 0.1) is 6.92 Å². The van der Waals surface area contributed by atoms with Crippen molar-refractivity contribution in [3.8, 4) is 5.75 Å². The van der Waals surface area contributed by atoms with Crippen LogP contribution in [0.5, 0.6) is 5.75 Å². The quantitative estimate of drug-likeness (QED) is 0.912. The number of nitrogens with one attached hydrogen (secondary N) is 1. The number of hydrogen-bond donors (Lipinski definition) is 1. The van der Waals surface area contributed by atoms with Gasteiger partial charge in [0.15, 0.2) is 0 Å². The maximum atomic E-state index is 6.16. The van der Waals surface area contributed by atoms with Crippen molar-refractivity contribution in [2.45, 2.75) is 38.8 Å². The van der Waals surface area contributed by atoms with Crippen LogP contribution in [-0.4, -0.2) is 17.6 Å². The van der Waals surface area contributed by atoms with E-state index in [1.807, 2.05) is 19.2 Å². The first-order valence-electron chi connectivity index (χ1n) is 7.68. The summed E-state index contributed by atoms with van der Waals surface area (Å²) in [4.78, 5) is 4.43. The van der Waals surface area contributed by atoms with Crippen LogP contribution in [0.4, 0.5) is 0 Å². The second-order valence-electron chi connectivity index (χ2n) is 5.63. The van der Waals surface area contributed by atoms with Crippen molar-refractivity contribution < 1.29 is 4.74 Å². The molecule has 1 aromatic heterocycles. The summed E-state index contributed by atoms with van der Waals surface area (Å²) in [6, 6.07) is 12.7. The highest BCUT2D eigenvalue weighted by Crippen LogP contribution is 2.33. The average molecular weight is 282 g/mol. The number of pyridine rings is 1. The highest BCUT2D eigenvalue weighted by atomic mass is 16.5. The first kappa shape index (κ1) is 14.1. The second-order valence-corrected chi connectivity index (χ2v) is 5.63. The molecule has 3 rings (SSSR count).